The maximum absolute atomic E-state index is 12.1. The van der Waals surface area contributed by atoms with Gasteiger partial charge in [0.15, 0.2) is 0 Å². The van der Waals surface area contributed by atoms with Crippen molar-refractivity contribution < 1.29 is 8.42 Å². The molecule has 0 aromatic heterocycles. The molecule has 0 saturated heterocycles. The van der Waals surface area contributed by atoms with Gasteiger partial charge in [0, 0.05) is 20.9 Å². The first-order valence-corrected chi connectivity index (χ1v) is 8.99. The summed E-state index contributed by atoms with van der Waals surface area (Å²) in [5.41, 5.74) is 0. The van der Waals surface area contributed by atoms with Crippen LogP contribution < -0.4 is 4.72 Å². The first-order valence-electron chi connectivity index (χ1n) is 5.49. The van der Waals surface area contributed by atoms with Crippen LogP contribution in [0, 0.1) is 5.92 Å². The van der Waals surface area contributed by atoms with Gasteiger partial charge >= 0.3 is 0 Å². The largest absolute Gasteiger partial charge is 0.241 e. The van der Waals surface area contributed by atoms with Crippen LogP contribution in [0.1, 0.15) is 12.8 Å². The van der Waals surface area contributed by atoms with E-state index in [2.05, 4.69) is 36.6 Å². The second-order valence-electron chi connectivity index (χ2n) is 4.28. The molecule has 1 unspecified atom stereocenters. The van der Waals surface area contributed by atoms with Gasteiger partial charge in [-0.3, -0.25) is 0 Å². The molecule has 1 aliphatic rings. The summed E-state index contributed by atoms with van der Waals surface area (Å²) in [6, 6.07) is 5.03. The zero-order valence-corrected chi connectivity index (χ0v) is 14.1. The van der Waals surface area contributed by atoms with Gasteiger partial charge in [-0.2, -0.15) is 0 Å². The summed E-state index contributed by atoms with van der Waals surface area (Å²) < 4.78 is 28.1. The maximum atomic E-state index is 12.1. The van der Waals surface area contributed by atoms with Crippen molar-refractivity contribution in [1.82, 2.24) is 4.72 Å². The predicted molar refractivity (Wildman–Crippen MR) is 79.4 cm³/mol. The highest BCUT2D eigenvalue weighted by molar-refractivity contribution is 9.11. The molecule has 1 fully saturated rings. The average molecular weight is 418 g/mol. The third kappa shape index (κ3) is 3.70. The quantitative estimate of drug-likeness (QED) is 0.746. The Labute approximate surface area is 129 Å². The molecule has 7 heteroatoms. The minimum atomic E-state index is -3.53. The Morgan fingerprint density at radius 2 is 2.06 bits per heavy atom. The molecule has 0 amide bonds. The van der Waals surface area contributed by atoms with Crippen LogP contribution in [0.15, 0.2) is 32.0 Å². The fraction of sp³-hybridized carbons (Fsp3) is 0.455. The molecule has 18 heavy (non-hydrogen) atoms. The normalized spacial score (nSPS) is 17.7. The van der Waals surface area contributed by atoms with Gasteiger partial charge in [-0.1, -0.05) is 15.9 Å². The molecule has 0 aliphatic heterocycles. The number of benzene rings is 1. The number of rotatable bonds is 5. The highest BCUT2D eigenvalue weighted by Gasteiger charge is 2.30. The Kier molecular flexibility index (Phi) is 4.75. The van der Waals surface area contributed by atoms with E-state index in [-0.39, 0.29) is 16.8 Å². The van der Waals surface area contributed by atoms with Crippen LogP contribution >= 0.6 is 43.5 Å². The number of hydrogen-bond donors (Lipinski definition) is 1. The van der Waals surface area contributed by atoms with Crippen molar-refractivity contribution >= 4 is 53.5 Å². The van der Waals surface area contributed by atoms with Crippen molar-refractivity contribution in [3.63, 3.8) is 0 Å². The Hall–Kier alpha value is 0.380. The van der Waals surface area contributed by atoms with Crippen LogP contribution in [0.25, 0.3) is 0 Å². The molecular weight excluding hydrogens is 405 g/mol. The predicted octanol–water partition coefficient (Wildman–Crippen LogP) is 3.51. The zero-order chi connectivity index (χ0) is 13.3. The fourth-order valence-electron chi connectivity index (χ4n) is 1.57. The highest BCUT2D eigenvalue weighted by Crippen LogP contribution is 2.35. The van der Waals surface area contributed by atoms with Crippen molar-refractivity contribution in [2.45, 2.75) is 23.1 Å². The van der Waals surface area contributed by atoms with Crippen LogP contribution in [0.4, 0.5) is 0 Å². The summed E-state index contributed by atoms with van der Waals surface area (Å²) in [5.74, 6) is 0.459. The Balaban J connectivity index is 2.11. The Morgan fingerprint density at radius 1 is 1.39 bits per heavy atom. The van der Waals surface area contributed by atoms with Gasteiger partial charge in [0.25, 0.3) is 0 Å². The summed E-state index contributed by atoms with van der Waals surface area (Å²) in [6.45, 7) is 0.271. The Morgan fingerprint density at radius 3 is 2.67 bits per heavy atom. The number of sulfonamides is 1. The van der Waals surface area contributed by atoms with Gasteiger partial charge in [0.2, 0.25) is 10.0 Å². The van der Waals surface area contributed by atoms with E-state index in [4.69, 9.17) is 11.6 Å². The van der Waals surface area contributed by atoms with E-state index in [0.29, 0.717) is 10.4 Å². The van der Waals surface area contributed by atoms with Crippen molar-refractivity contribution in [3.05, 3.63) is 27.1 Å². The van der Waals surface area contributed by atoms with E-state index < -0.39 is 10.0 Å². The molecule has 100 valence electrons. The van der Waals surface area contributed by atoms with Crippen molar-refractivity contribution in [2.75, 3.05) is 6.54 Å². The summed E-state index contributed by atoms with van der Waals surface area (Å²) in [6.07, 6.45) is 2.19. The SMILES string of the molecule is O=S(=O)(NCC(Cl)C1CC1)c1cc(Br)ccc1Br. The van der Waals surface area contributed by atoms with Gasteiger partial charge in [0.05, 0.1) is 4.90 Å². The fourth-order valence-corrected chi connectivity index (χ4v) is 4.56. The third-order valence-corrected chi connectivity index (χ3v) is 6.21. The highest BCUT2D eigenvalue weighted by atomic mass is 79.9. The van der Waals surface area contributed by atoms with Gasteiger partial charge in [-0.15, -0.1) is 11.6 Å². The number of nitrogens with one attached hydrogen (secondary N) is 1. The lowest BCUT2D eigenvalue weighted by molar-refractivity contribution is 0.575. The van der Waals surface area contributed by atoms with Gasteiger partial charge in [0.1, 0.15) is 0 Å². The van der Waals surface area contributed by atoms with E-state index in [9.17, 15) is 8.42 Å². The van der Waals surface area contributed by atoms with Crippen LogP contribution in [0.5, 0.6) is 0 Å². The first-order chi connectivity index (χ1) is 8.40. The molecule has 3 nitrogen and oxygen atoms in total. The van der Waals surface area contributed by atoms with Crippen molar-refractivity contribution in [2.24, 2.45) is 5.92 Å². The minimum Gasteiger partial charge on any atom is -0.210 e. The zero-order valence-electron chi connectivity index (χ0n) is 9.37. The molecule has 0 heterocycles. The summed E-state index contributed by atoms with van der Waals surface area (Å²) in [4.78, 5) is 0.219. The molecule has 0 spiro atoms. The van der Waals surface area contributed by atoms with Crippen molar-refractivity contribution in [1.29, 1.82) is 0 Å². The third-order valence-electron chi connectivity index (χ3n) is 2.78. The lowest BCUT2D eigenvalue weighted by Gasteiger charge is -2.11. The smallest absolute Gasteiger partial charge is 0.210 e. The van der Waals surface area contributed by atoms with Crippen LogP contribution in [-0.2, 0) is 10.0 Å². The topological polar surface area (TPSA) is 46.2 Å². The van der Waals surface area contributed by atoms with E-state index in [0.717, 1.165) is 17.3 Å². The average Bonchev–Trinajstić information content (AvgIpc) is 3.13. The van der Waals surface area contributed by atoms with Gasteiger partial charge < -0.3 is 0 Å². The molecule has 1 atom stereocenters. The molecular formula is C11H12Br2ClNO2S. The minimum absolute atomic E-state index is 0.120. The maximum Gasteiger partial charge on any atom is 0.241 e. The Bertz CT molecular complexity index is 546. The summed E-state index contributed by atoms with van der Waals surface area (Å²) in [7, 11) is -3.53. The van der Waals surface area contributed by atoms with Crippen LogP contribution in [0.2, 0.25) is 0 Å². The molecule has 2 rings (SSSR count). The van der Waals surface area contributed by atoms with E-state index >= 15 is 0 Å². The van der Waals surface area contributed by atoms with E-state index in [1.54, 1.807) is 18.2 Å². The lowest BCUT2D eigenvalue weighted by Crippen LogP contribution is -2.31. The van der Waals surface area contributed by atoms with Gasteiger partial charge in [-0.25, -0.2) is 13.1 Å². The molecule has 1 saturated carbocycles. The molecule has 1 aromatic carbocycles. The number of alkyl halides is 1. The standard InChI is InChI=1S/C11H12Br2ClNO2S/c12-8-3-4-9(13)11(5-8)18(16,17)15-6-10(14)7-1-2-7/h3-5,7,10,15H,1-2,6H2. The number of hydrogen-bond acceptors (Lipinski definition) is 2. The van der Waals surface area contributed by atoms with Gasteiger partial charge in [-0.05, 0) is 52.9 Å². The van der Waals surface area contributed by atoms with E-state index in [1.165, 1.54) is 0 Å². The second kappa shape index (κ2) is 5.79. The molecule has 1 N–H and O–H groups in total. The number of halogens is 3. The van der Waals surface area contributed by atoms with Crippen LogP contribution in [-0.4, -0.2) is 20.3 Å². The van der Waals surface area contributed by atoms with Crippen molar-refractivity contribution in [3.8, 4) is 0 Å². The first kappa shape index (κ1) is 14.8. The molecule has 0 bridgehead atoms. The lowest BCUT2D eigenvalue weighted by atomic mass is 10.3. The second-order valence-corrected chi connectivity index (χ2v) is 8.35. The van der Waals surface area contributed by atoms with Crippen LogP contribution in [0.3, 0.4) is 0 Å². The monoisotopic (exact) mass is 415 g/mol. The van der Waals surface area contributed by atoms with E-state index in [1.807, 2.05) is 0 Å². The molecule has 1 aliphatic carbocycles. The summed E-state index contributed by atoms with van der Waals surface area (Å²) in [5, 5.41) is -0.120. The molecule has 0 radical (unpaired) electrons. The summed E-state index contributed by atoms with van der Waals surface area (Å²) >= 11 is 12.6. The molecule has 1 aromatic rings.